The van der Waals surface area contributed by atoms with Crippen LogP contribution in [0.5, 0.6) is 0 Å². The summed E-state index contributed by atoms with van der Waals surface area (Å²) in [5, 5.41) is 0. The third kappa shape index (κ3) is 7.98. The molecule has 0 aliphatic rings. The van der Waals surface area contributed by atoms with Crippen LogP contribution in [0.25, 0.3) is 0 Å². The average molecular weight is 264 g/mol. The van der Waals surface area contributed by atoms with E-state index in [4.69, 9.17) is 10.5 Å². The van der Waals surface area contributed by atoms with Crippen LogP contribution in [-0.4, -0.2) is 37.7 Å². The Kier molecular flexibility index (Phi) is 8.47. The van der Waals surface area contributed by atoms with Crippen molar-refractivity contribution in [1.29, 1.82) is 0 Å². The van der Waals surface area contributed by atoms with Crippen molar-refractivity contribution in [3.8, 4) is 0 Å². The first kappa shape index (κ1) is 16.2. The van der Waals surface area contributed by atoms with E-state index in [1.54, 1.807) is 0 Å². The van der Waals surface area contributed by atoms with Crippen LogP contribution in [0.2, 0.25) is 0 Å². The Morgan fingerprint density at radius 1 is 1.11 bits per heavy atom. The summed E-state index contributed by atoms with van der Waals surface area (Å²) in [6, 6.07) is 10.5. The second-order valence-corrected chi connectivity index (χ2v) is 5.35. The lowest BCUT2D eigenvalue weighted by atomic mass is 10.1. The van der Waals surface area contributed by atoms with E-state index < -0.39 is 0 Å². The summed E-state index contributed by atoms with van der Waals surface area (Å²) in [5.74, 6) is 0.712. The number of nitrogens with zero attached hydrogens (tertiary/aromatic N) is 1. The highest BCUT2D eigenvalue weighted by Gasteiger charge is 2.05. The maximum atomic E-state index is 5.68. The van der Waals surface area contributed by atoms with Gasteiger partial charge < -0.3 is 10.5 Å². The first-order chi connectivity index (χ1) is 9.22. The van der Waals surface area contributed by atoms with E-state index in [1.807, 2.05) is 6.07 Å². The molecule has 1 aromatic rings. The molecule has 0 amide bonds. The highest BCUT2D eigenvalue weighted by Crippen LogP contribution is 2.04. The Morgan fingerprint density at radius 3 is 2.47 bits per heavy atom. The van der Waals surface area contributed by atoms with Gasteiger partial charge in [0.2, 0.25) is 0 Å². The van der Waals surface area contributed by atoms with E-state index in [1.165, 1.54) is 5.56 Å². The minimum atomic E-state index is 0.693. The molecule has 0 unspecified atom stereocenters. The topological polar surface area (TPSA) is 38.5 Å². The smallest absolute Gasteiger partial charge is 0.0593 e. The van der Waals surface area contributed by atoms with E-state index in [9.17, 15) is 0 Å². The molecule has 0 saturated carbocycles. The van der Waals surface area contributed by atoms with Crippen molar-refractivity contribution in [3.05, 3.63) is 35.9 Å². The molecule has 108 valence electrons. The molecule has 19 heavy (non-hydrogen) atoms. The molecule has 0 spiro atoms. The zero-order chi connectivity index (χ0) is 13.9. The summed E-state index contributed by atoms with van der Waals surface area (Å²) in [6.45, 7) is 9.61. The predicted molar refractivity (Wildman–Crippen MR) is 81.0 cm³/mol. The van der Waals surface area contributed by atoms with E-state index in [0.717, 1.165) is 39.3 Å². The zero-order valence-electron chi connectivity index (χ0n) is 12.3. The van der Waals surface area contributed by atoms with Crippen LogP contribution in [0.4, 0.5) is 0 Å². The Bertz CT molecular complexity index is 314. The lowest BCUT2D eigenvalue weighted by Gasteiger charge is -2.21. The van der Waals surface area contributed by atoms with Crippen LogP contribution in [-0.2, 0) is 11.3 Å². The van der Waals surface area contributed by atoms with Gasteiger partial charge in [0.15, 0.2) is 0 Å². The molecule has 1 rings (SSSR count). The van der Waals surface area contributed by atoms with Gasteiger partial charge >= 0.3 is 0 Å². The number of nitrogens with two attached hydrogens (primary N) is 1. The molecule has 0 atom stereocenters. The van der Waals surface area contributed by atoms with Gasteiger partial charge in [0.1, 0.15) is 0 Å². The number of ether oxygens (including phenoxy) is 1. The van der Waals surface area contributed by atoms with Gasteiger partial charge in [-0.15, -0.1) is 0 Å². The van der Waals surface area contributed by atoms with Crippen LogP contribution in [0.3, 0.4) is 0 Å². The molecule has 0 radical (unpaired) electrons. The summed E-state index contributed by atoms with van der Waals surface area (Å²) in [6.07, 6.45) is 1.13. The third-order valence-corrected chi connectivity index (χ3v) is 3.09. The van der Waals surface area contributed by atoms with E-state index in [-0.39, 0.29) is 0 Å². The maximum absolute atomic E-state index is 5.68. The lowest BCUT2D eigenvalue weighted by molar-refractivity contribution is 0.0947. The number of rotatable bonds is 10. The van der Waals surface area contributed by atoms with Crippen LogP contribution >= 0.6 is 0 Å². The molecule has 0 heterocycles. The van der Waals surface area contributed by atoms with Crippen LogP contribution < -0.4 is 5.73 Å². The van der Waals surface area contributed by atoms with Crippen molar-refractivity contribution in [3.63, 3.8) is 0 Å². The quantitative estimate of drug-likeness (QED) is 0.660. The van der Waals surface area contributed by atoms with Gasteiger partial charge in [-0.1, -0.05) is 44.2 Å². The number of hydrogen-bond acceptors (Lipinski definition) is 3. The van der Waals surface area contributed by atoms with Crippen molar-refractivity contribution >= 4 is 0 Å². The fourth-order valence-electron chi connectivity index (χ4n) is 1.91. The summed E-state index contributed by atoms with van der Waals surface area (Å²) in [7, 11) is 0. The molecule has 0 aliphatic heterocycles. The standard InChI is InChI=1S/C16H28N2O/c1-15(2)8-12-19-13-11-18(10-9-17)14-16-6-4-3-5-7-16/h3-7,15H,8-14,17H2,1-2H3. The first-order valence-corrected chi connectivity index (χ1v) is 7.26. The fourth-order valence-corrected chi connectivity index (χ4v) is 1.91. The van der Waals surface area contributed by atoms with Gasteiger partial charge in [0.25, 0.3) is 0 Å². The molecule has 1 aromatic carbocycles. The van der Waals surface area contributed by atoms with Gasteiger partial charge in [-0.25, -0.2) is 0 Å². The van der Waals surface area contributed by atoms with Crippen molar-refractivity contribution < 1.29 is 4.74 Å². The summed E-state index contributed by atoms with van der Waals surface area (Å²) in [4.78, 5) is 2.35. The minimum absolute atomic E-state index is 0.693. The van der Waals surface area contributed by atoms with Gasteiger partial charge in [-0.05, 0) is 17.9 Å². The number of benzene rings is 1. The van der Waals surface area contributed by atoms with Crippen molar-refractivity contribution in [2.24, 2.45) is 11.7 Å². The molecular formula is C16H28N2O. The van der Waals surface area contributed by atoms with Crippen molar-refractivity contribution in [1.82, 2.24) is 4.90 Å². The largest absolute Gasteiger partial charge is 0.380 e. The van der Waals surface area contributed by atoms with E-state index in [2.05, 4.69) is 43.0 Å². The summed E-state index contributed by atoms with van der Waals surface area (Å²) in [5.41, 5.74) is 7.00. The molecule has 2 N–H and O–H groups in total. The highest BCUT2D eigenvalue weighted by atomic mass is 16.5. The Morgan fingerprint density at radius 2 is 1.84 bits per heavy atom. The SMILES string of the molecule is CC(C)CCOCCN(CCN)Cc1ccccc1. The monoisotopic (exact) mass is 264 g/mol. The molecule has 0 bridgehead atoms. The molecule has 0 saturated heterocycles. The zero-order valence-corrected chi connectivity index (χ0v) is 12.3. The van der Waals surface area contributed by atoms with E-state index in [0.29, 0.717) is 12.5 Å². The second kappa shape index (κ2) is 9.96. The van der Waals surface area contributed by atoms with Crippen LogP contribution in [0.1, 0.15) is 25.8 Å². The molecule has 3 heteroatoms. The Balaban J connectivity index is 2.24. The molecular weight excluding hydrogens is 236 g/mol. The van der Waals surface area contributed by atoms with Crippen molar-refractivity contribution in [2.75, 3.05) is 32.8 Å². The number of hydrogen-bond donors (Lipinski definition) is 1. The second-order valence-electron chi connectivity index (χ2n) is 5.35. The van der Waals surface area contributed by atoms with Gasteiger partial charge in [-0.3, -0.25) is 4.90 Å². The summed E-state index contributed by atoms with van der Waals surface area (Å²) >= 11 is 0. The summed E-state index contributed by atoms with van der Waals surface area (Å²) < 4.78 is 5.68. The maximum Gasteiger partial charge on any atom is 0.0593 e. The molecule has 0 aromatic heterocycles. The fraction of sp³-hybridized carbons (Fsp3) is 0.625. The average Bonchev–Trinajstić information content (AvgIpc) is 2.39. The Labute approximate surface area is 117 Å². The van der Waals surface area contributed by atoms with Gasteiger partial charge in [0, 0.05) is 32.8 Å². The Hall–Kier alpha value is -0.900. The van der Waals surface area contributed by atoms with Gasteiger partial charge in [-0.2, -0.15) is 0 Å². The predicted octanol–water partition coefficient (Wildman–Crippen LogP) is 2.51. The molecule has 3 nitrogen and oxygen atoms in total. The van der Waals surface area contributed by atoms with Gasteiger partial charge in [0.05, 0.1) is 6.61 Å². The van der Waals surface area contributed by atoms with E-state index >= 15 is 0 Å². The molecule has 0 aliphatic carbocycles. The highest BCUT2D eigenvalue weighted by molar-refractivity contribution is 5.14. The first-order valence-electron chi connectivity index (χ1n) is 7.26. The normalized spacial score (nSPS) is 11.4. The third-order valence-electron chi connectivity index (χ3n) is 3.09. The van der Waals surface area contributed by atoms with Crippen LogP contribution in [0, 0.1) is 5.92 Å². The molecule has 0 fully saturated rings. The lowest BCUT2D eigenvalue weighted by Crippen LogP contribution is -2.32. The minimum Gasteiger partial charge on any atom is -0.380 e. The van der Waals surface area contributed by atoms with Crippen LogP contribution in [0.15, 0.2) is 30.3 Å². The van der Waals surface area contributed by atoms with Crippen molar-refractivity contribution in [2.45, 2.75) is 26.8 Å².